The molecule has 1 atom stereocenters. The first-order valence-corrected chi connectivity index (χ1v) is 12.4. The Hall–Kier alpha value is -3.35. The molecule has 1 amide bonds. The molecule has 1 aliphatic heterocycles. The van der Waals surface area contributed by atoms with Crippen LogP contribution in [0, 0.1) is 0 Å². The number of benzene rings is 2. The predicted octanol–water partition coefficient (Wildman–Crippen LogP) is 2.35. The van der Waals surface area contributed by atoms with E-state index in [0.29, 0.717) is 34.7 Å². The van der Waals surface area contributed by atoms with E-state index in [1.807, 2.05) is 28.8 Å². The minimum absolute atomic E-state index is 0.0311. The van der Waals surface area contributed by atoms with Crippen LogP contribution in [0.3, 0.4) is 0 Å². The summed E-state index contributed by atoms with van der Waals surface area (Å²) in [5.41, 5.74) is 0.452. The van der Waals surface area contributed by atoms with Crippen LogP contribution in [0.5, 0.6) is 11.5 Å². The first kappa shape index (κ1) is 22.8. The van der Waals surface area contributed by atoms with E-state index in [2.05, 4.69) is 22.1 Å². The number of anilines is 1. The van der Waals surface area contributed by atoms with Crippen molar-refractivity contribution in [2.45, 2.75) is 22.7 Å². The van der Waals surface area contributed by atoms with Crippen LogP contribution in [-0.2, 0) is 21.4 Å². The number of carbonyl (C=O) groups excluding carboxylic acids is 1. The third-order valence-corrected chi connectivity index (χ3v) is 6.55. The molecule has 0 bridgehead atoms. The Labute approximate surface area is 194 Å². The van der Waals surface area contributed by atoms with Gasteiger partial charge in [0.1, 0.15) is 6.61 Å². The van der Waals surface area contributed by atoms with Crippen LogP contribution < -0.4 is 19.9 Å². The smallest absolute Gasteiger partial charge is 0.238 e. The zero-order valence-electron chi connectivity index (χ0n) is 17.4. The number of rotatable bonds is 8. The molecule has 0 radical (unpaired) electrons. The van der Waals surface area contributed by atoms with E-state index >= 15 is 0 Å². The second kappa shape index (κ2) is 9.65. The van der Waals surface area contributed by atoms with Crippen LogP contribution in [-0.4, -0.2) is 41.4 Å². The van der Waals surface area contributed by atoms with Gasteiger partial charge in [0.2, 0.25) is 15.9 Å². The van der Waals surface area contributed by atoms with Crippen molar-refractivity contribution in [2.24, 2.45) is 5.14 Å². The molecule has 1 aromatic heterocycles. The number of para-hydroxylation sites is 2. The summed E-state index contributed by atoms with van der Waals surface area (Å²) in [6.45, 7) is 4.50. The van der Waals surface area contributed by atoms with E-state index in [1.165, 1.54) is 36.0 Å². The number of hydrogen-bond acceptors (Lipinski definition) is 8. The minimum Gasteiger partial charge on any atom is -0.485 e. The normalized spacial score (nSPS) is 15.1. The number of thioether (sulfide) groups is 1. The number of sulfonamides is 1. The second-order valence-corrected chi connectivity index (χ2v) is 9.51. The lowest BCUT2D eigenvalue weighted by molar-refractivity contribution is -0.113. The largest absolute Gasteiger partial charge is 0.485 e. The van der Waals surface area contributed by atoms with E-state index in [4.69, 9.17) is 14.6 Å². The quantitative estimate of drug-likeness (QED) is 0.365. The fourth-order valence-corrected chi connectivity index (χ4v) is 4.42. The average molecular weight is 488 g/mol. The lowest BCUT2D eigenvalue weighted by atomic mass is 10.2. The Morgan fingerprint density at radius 3 is 2.64 bits per heavy atom. The van der Waals surface area contributed by atoms with Gasteiger partial charge in [-0.2, -0.15) is 0 Å². The number of fused-ring (bicyclic) bond motifs is 1. The van der Waals surface area contributed by atoms with Crippen molar-refractivity contribution in [1.82, 2.24) is 14.8 Å². The number of amides is 1. The Bertz CT molecular complexity index is 1270. The van der Waals surface area contributed by atoms with E-state index in [1.54, 1.807) is 6.08 Å². The highest BCUT2D eigenvalue weighted by atomic mass is 32.2. The van der Waals surface area contributed by atoms with Crippen LogP contribution in [0.2, 0.25) is 0 Å². The predicted molar refractivity (Wildman–Crippen MR) is 123 cm³/mol. The summed E-state index contributed by atoms with van der Waals surface area (Å²) in [6, 6.07) is 13.0. The highest BCUT2D eigenvalue weighted by Gasteiger charge is 2.28. The molecule has 4 rings (SSSR count). The summed E-state index contributed by atoms with van der Waals surface area (Å²) in [5.74, 6) is 1.66. The standard InChI is InChI=1S/C21H21N5O5S2/c1-2-11-26-20(18-12-30-16-5-3-4-6-17(16)31-18)24-25-21(26)32-13-19(27)23-14-7-9-15(10-8-14)33(22,28)29/h2-10,18H,1,11-13H2,(H,23,27)(H2,22,28,29)/t18-/m1/s1. The van der Waals surface area contributed by atoms with Crippen LogP contribution in [0.4, 0.5) is 5.69 Å². The Kier molecular flexibility index (Phi) is 6.67. The molecule has 3 aromatic rings. The number of nitrogens with zero attached hydrogens (tertiary/aromatic N) is 3. The van der Waals surface area contributed by atoms with Crippen LogP contribution >= 0.6 is 11.8 Å². The third-order valence-electron chi connectivity index (χ3n) is 4.65. The first-order valence-electron chi connectivity index (χ1n) is 9.83. The summed E-state index contributed by atoms with van der Waals surface area (Å²) < 4.78 is 36.3. The van der Waals surface area contributed by atoms with Crippen LogP contribution in [0.25, 0.3) is 0 Å². The van der Waals surface area contributed by atoms with Gasteiger partial charge in [0, 0.05) is 12.2 Å². The molecule has 0 aliphatic carbocycles. The number of aromatic nitrogens is 3. The number of ether oxygens (including phenoxy) is 2. The first-order chi connectivity index (χ1) is 15.8. The van der Waals surface area contributed by atoms with Gasteiger partial charge in [0.05, 0.1) is 10.6 Å². The molecule has 0 saturated carbocycles. The van der Waals surface area contributed by atoms with Gasteiger partial charge >= 0.3 is 0 Å². The Morgan fingerprint density at radius 1 is 1.21 bits per heavy atom. The summed E-state index contributed by atoms with van der Waals surface area (Å²) in [4.78, 5) is 12.4. The summed E-state index contributed by atoms with van der Waals surface area (Å²) >= 11 is 1.21. The zero-order chi connectivity index (χ0) is 23.4. The van der Waals surface area contributed by atoms with Gasteiger partial charge in [0.15, 0.2) is 28.6 Å². The molecular weight excluding hydrogens is 466 g/mol. The topological polar surface area (TPSA) is 138 Å². The maximum absolute atomic E-state index is 12.4. The number of hydrogen-bond donors (Lipinski definition) is 2. The average Bonchev–Trinajstić information content (AvgIpc) is 3.20. The summed E-state index contributed by atoms with van der Waals surface area (Å²) in [6.07, 6.45) is 1.26. The lowest BCUT2D eigenvalue weighted by Crippen LogP contribution is -2.25. The van der Waals surface area contributed by atoms with Crippen LogP contribution in [0.15, 0.2) is 71.2 Å². The summed E-state index contributed by atoms with van der Waals surface area (Å²) in [5, 5.41) is 16.8. The molecule has 172 valence electrons. The molecule has 1 aliphatic rings. The van der Waals surface area contributed by atoms with Gasteiger partial charge in [-0.25, -0.2) is 13.6 Å². The van der Waals surface area contributed by atoms with Gasteiger partial charge in [-0.15, -0.1) is 16.8 Å². The summed E-state index contributed by atoms with van der Waals surface area (Å²) in [7, 11) is -3.79. The molecule has 0 spiro atoms. The second-order valence-electron chi connectivity index (χ2n) is 7.01. The molecular formula is C21H21N5O5S2. The molecule has 33 heavy (non-hydrogen) atoms. The monoisotopic (exact) mass is 487 g/mol. The molecule has 0 fully saturated rings. The molecule has 10 nitrogen and oxygen atoms in total. The fraction of sp³-hybridized carbons (Fsp3) is 0.190. The van der Waals surface area contributed by atoms with Crippen LogP contribution in [0.1, 0.15) is 11.9 Å². The van der Waals surface area contributed by atoms with Crippen molar-refractivity contribution >= 4 is 33.4 Å². The lowest BCUT2D eigenvalue weighted by Gasteiger charge is -2.26. The Balaban J connectivity index is 1.42. The molecule has 0 unspecified atom stereocenters. The Morgan fingerprint density at radius 2 is 1.94 bits per heavy atom. The van der Waals surface area contributed by atoms with E-state index in [0.717, 1.165) is 0 Å². The van der Waals surface area contributed by atoms with Gasteiger partial charge in [0.25, 0.3) is 0 Å². The van der Waals surface area contributed by atoms with E-state index < -0.39 is 16.1 Å². The SMILES string of the molecule is C=CCn1c(SCC(=O)Nc2ccc(S(N)(=O)=O)cc2)nnc1[C@H]1COc2ccccc2O1. The van der Waals surface area contributed by atoms with Crippen molar-refractivity contribution in [2.75, 3.05) is 17.7 Å². The number of nitrogens with one attached hydrogen (secondary N) is 1. The highest BCUT2D eigenvalue weighted by molar-refractivity contribution is 7.99. The fourth-order valence-electron chi connectivity index (χ4n) is 3.15. The van der Waals surface area contributed by atoms with Crippen molar-refractivity contribution in [3.8, 4) is 11.5 Å². The van der Waals surface area contributed by atoms with Crippen molar-refractivity contribution in [1.29, 1.82) is 0 Å². The highest BCUT2D eigenvalue weighted by Crippen LogP contribution is 2.36. The van der Waals surface area contributed by atoms with Gasteiger partial charge in [-0.1, -0.05) is 30.0 Å². The molecule has 2 heterocycles. The number of nitrogens with two attached hydrogens (primary N) is 1. The molecule has 0 saturated heterocycles. The molecule has 3 N–H and O–H groups in total. The van der Waals surface area contributed by atoms with E-state index in [-0.39, 0.29) is 23.2 Å². The van der Waals surface area contributed by atoms with Crippen molar-refractivity contribution in [3.63, 3.8) is 0 Å². The molecule has 2 aromatic carbocycles. The van der Waals surface area contributed by atoms with Crippen molar-refractivity contribution < 1.29 is 22.7 Å². The van der Waals surface area contributed by atoms with Gasteiger partial charge in [-0.3, -0.25) is 9.36 Å². The number of primary sulfonamides is 1. The maximum Gasteiger partial charge on any atom is 0.238 e. The number of allylic oxidation sites excluding steroid dienone is 1. The van der Waals surface area contributed by atoms with Crippen molar-refractivity contribution in [3.05, 3.63) is 67.0 Å². The maximum atomic E-state index is 12.4. The zero-order valence-corrected chi connectivity index (χ0v) is 19.0. The van der Waals surface area contributed by atoms with Gasteiger partial charge in [-0.05, 0) is 36.4 Å². The third kappa shape index (κ3) is 5.35. The van der Waals surface area contributed by atoms with Gasteiger partial charge < -0.3 is 14.8 Å². The number of carbonyl (C=O) groups is 1. The minimum atomic E-state index is -3.79. The van der Waals surface area contributed by atoms with E-state index in [9.17, 15) is 13.2 Å². The molecule has 12 heteroatoms.